The summed E-state index contributed by atoms with van der Waals surface area (Å²) in [6, 6.07) is 0. The van der Waals surface area contributed by atoms with Crippen molar-refractivity contribution in [1.29, 1.82) is 5.41 Å². The molecule has 6 N–H and O–H groups in total. The van der Waals surface area contributed by atoms with Gasteiger partial charge in [0.05, 0.1) is 19.3 Å². The van der Waals surface area contributed by atoms with Crippen LogP contribution in [0.3, 0.4) is 0 Å². The molecule has 0 aliphatic carbocycles. The van der Waals surface area contributed by atoms with Gasteiger partial charge in [0.25, 0.3) is 0 Å². The molecular formula is C11H17N5O10P2. The van der Waals surface area contributed by atoms with Crippen LogP contribution in [0.25, 0.3) is 11.2 Å². The lowest BCUT2D eigenvalue weighted by atomic mass is 10.1. The number of aliphatic hydroxyl groups excluding tert-OH is 2. The average molecular weight is 441 g/mol. The molecule has 5 atom stereocenters. The Bertz CT molecular complexity index is 1030. The van der Waals surface area contributed by atoms with Gasteiger partial charge in [-0.1, -0.05) is 0 Å². The zero-order valence-corrected chi connectivity index (χ0v) is 15.9. The van der Waals surface area contributed by atoms with Gasteiger partial charge in [0.2, 0.25) is 0 Å². The molecule has 2 aromatic heterocycles. The molecule has 17 heteroatoms. The second-order valence-electron chi connectivity index (χ2n) is 5.91. The third-order valence-electron chi connectivity index (χ3n) is 3.92. The van der Waals surface area contributed by atoms with Crippen LogP contribution in [0, 0.1) is 5.41 Å². The van der Waals surface area contributed by atoms with Gasteiger partial charge in [0.1, 0.15) is 23.8 Å². The maximum Gasteiger partial charge on any atom is 0.481 e. The number of hydrogen-bond acceptors (Lipinski definition) is 10. The highest BCUT2D eigenvalue weighted by molar-refractivity contribution is 7.60. The van der Waals surface area contributed by atoms with E-state index in [1.54, 1.807) is 7.05 Å². The first kappa shape index (κ1) is 21.2. The van der Waals surface area contributed by atoms with Gasteiger partial charge in [-0.2, -0.15) is 4.31 Å². The molecule has 156 valence electrons. The number of nitrogens with zero attached hydrogens (tertiary/aromatic N) is 4. The zero-order valence-electron chi connectivity index (χ0n) is 14.1. The van der Waals surface area contributed by atoms with Crippen molar-refractivity contribution in [1.82, 2.24) is 19.1 Å². The van der Waals surface area contributed by atoms with Crippen LogP contribution in [0.15, 0.2) is 12.7 Å². The Balaban J connectivity index is 1.78. The van der Waals surface area contributed by atoms with E-state index in [-0.39, 0.29) is 16.7 Å². The van der Waals surface area contributed by atoms with Gasteiger partial charge in [-0.05, 0) is 0 Å². The summed E-state index contributed by atoms with van der Waals surface area (Å²) in [6.07, 6.45) is -3.05. The average Bonchev–Trinajstić information content (AvgIpc) is 3.10. The molecule has 0 radical (unpaired) electrons. The van der Waals surface area contributed by atoms with Gasteiger partial charge >= 0.3 is 15.6 Å². The molecule has 28 heavy (non-hydrogen) atoms. The molecule has 0 amide bonds. The molecule has 3 rings (SSSR count). The van der Waals surface area contributed by atoms with E-state index in [0.717, 1.165) is 0 Å². The molecule has 0 aromatic carbocycles. The molecule has 1 saturated heterocycles. The van der Waals surface area contributed by atoms with Crippen molar-refractivity contribution in [3.63, 3.8) is 0 Å². The Labute approximate surface area is 156 Å². The quantitative estimate of drug-likeness (QED) is 0.270. The maximum absolute atomic E-state index is 11.5. The molecule has 0 saturated carbocycles. The number of aliphatic hydroxyl groups is 2. The first-order valence-corrected chi connectivity index (χ1v) is 10.6. The standard InChI is InChI=1S/C11H17N5O10P2/c1-15-3-14-10-6(9(15)12)13-4-16(10)11-8(18)7(17)5(25-11)2-24-28(22,23)26-27(19,20)21/h3-5,7-8,11-12,17-18H,2H2,1H3,(H,22,23)(H2,19,20,21)/t5-,7-,8-,11-/m1/s1. The van der Waals surface area contributed by atoms with Gasteiger partial charge < -0.3 is 34.2 Å². The smallest absolute Gasteiger partial charge is 0.387 e. The summed E-state index contributed by atoms with van der Waals surface area (Å²) in [7, 11) is -8.84. The first-order valence-electron chi connectivity index (χ1n) is 7.58. The molecule has 3 heterocycles. The molecule has 15 nitrogen and oxygen atoms in total. The lowest BCUT2D eigenvalue weighted by Crippen LogP contribution is -2.33. The number of ether oxygens (including phenoxy) is 1. The molecular weight excluding hydrogens is 424 g/mol. The highest BCUT2D eigenvalue weighted by Gasteiger charge is 2.46. The number of fused-ring (bicyclic) bond motifs is 1. The van der Waals surface area contributed by atoms with Crippen molar-refractivity contribution in [2.45, 2.75) is 24.5 Å². The Morgan fingerprint density at radius 3 is 2.54 bits per heavy atom. The first-order chi connectivity index (χ1) is 12.9. The summed E-state index contributed by atoms with van der Waals surface area (Å²) in [4.78, 5) is 34.6. The van der Waals surface area contributed by atoms with E-state index in [4.69, 9.17) is 19.9 Å². The summed E-state index contributed by atoms with van der Waals surface area (Å²) < 4.78 is 38.3. The largest absolute Gasteiger partial charge is 0.481 e. The van der Waals surface area contributed by atoms with Crippen molar-refractivity contribution in [2.75, 3.05) is 6.61 Å². The van der Waals surface area contributed by atoms with E-state index >= 15 is 0 Å². The van der Waals surface area contributed by atoms with E-state index in [0.29, 0.717) is 0 Å². The van der Waals surface area contributed by atoms with Gasteiger partial charge in [-0.3, -0.25) is 14.5 Å². The highest BCUT2D eigenvalue weighted by Crippen LogP contribution is 2.57. The second kappa shape index (κ2) is 7.39. The van der Waals surface area contributed by atoms with Crippen molar-refractivity contribution < 1.29 is 47.6 Å². The minimum Gasteiger partial charge on any atom is -0.387 e. The van der Waals surface area contributed by atoms with Crippen LogP contribution >= 0.6 is 15.6 Å². The number of aromatic nitrogens is 4. The van der Waals surface area contributed by atoms with E-state index in [1.807, 2.05) is 0 Å². The molecule has 1 unspecified atom stereocenters. The third-order valence-corrected chi connectivity index (χ3v) is 6.07. The molecule has 1 fully saturated rings. The van der Waals surface area contributed by atoms with Gasteiger partial charge in [0, 0.05) is 7.05 Å². The Morgan fingerprint density at radius 2 is 1.89 bits per heavy atom. The monoisotopic (exact) mass is 441 g/mol. The predicted octanol–water partition coefficient (Wildman–Crippen LogP) is -1.91. The van der Waals surface area contributed by atoms with Crippen molar-refractivity contribution in [3.8, 4) is 0 Å². The number of phosphoric ester groups is 1. The summed E-state index contributed by atoms with van der Waals surface area (Å²) in [6.45, 7) is -0.818. The van der Waals surface area contributed by atoms with E-state index in [1.165, 1.54) is 21.8 Å². The maximum atomic E-state index is 11.5. The van der Waals surface area contributed by atoms with Crippen LogP contribution in [-0.2, 0) is 29.7 Å². The minimum absolute atomic E-state index is 0.0486. The van der Waals surface area contributed by atoms with Crippen LogP contribution in [0.1, 0.15) is 6.23 Å². The van der Waals surface area contributed by atoms with E-state index in [9.17, 15) is 24.2 Å². The van der Waals surface area contributed by atoms with Crippen LogP contribution in [0.2, 0.25) is 0 Å². The Morgan fingerprint density at radius 1 is 1.21 bits per heavy atom. The SMILES string of the molecule is Cn1cnc2c(ncn2[C@@H]2O[C@H](COP(=O)(O)OP(=O)(O)O)[C@@H](O)[C@H]2O)c1=N. The van der Waals surface area contributed by atoms with Crippen LogP contribution < -0.4 is 5.49 Å². The fourth-order valence-electron chi connectivity index (χ4n) is 2.62. The number of nitrogens with one attached hydrogen (secondary N) is 1. The van der Waals surface area contributed by atoms with Crippen LogP contribution in [0.5, 0.6) is 0 Å². The predicted molar refractivity (Wildman–Crippen MR) is 87.2 cm³/mol. The Hall–Kier alpha value is -1.51. The third kappa shape index (κ3) is 4.23. The fourth-order valence-corrected chi connectivity index (χ4v) is 4.22. The van der Waals surface area contributed by atoms with Crippen molar-refractivity contribution in [2.24, 2.45) is 7.05 Å². The Kier molecular flexibility index (Phi) is 5.59. The lowest BCUT2D eigenvalue weighted by molar-refractivity contribution is -0.0503. The number of aryl methyl sites for hydroxylation is 1. The number of phosphoric acid groups is 2. The zero-order chi connectivity index (χ0) is 20.9. The molecule has 1 aliphatic heterocycles. The van der Waals surface area contributed by atoms with Gasteiger partial charge in [0.15, 0.2) is 17.4 Å². The number of rotatable bonds is 6. The molecule has 2 aromatic rings. The number of hydrogen-bond donors (Lipinski definition) is 6. The molecule has 0 spiro atoms. The van der Waals surface area contributed by atoms with Gasteiger partial charge in [-0.15, -0.1) is 0 Å². The second-order valence-corrected chi connectivity index (χ2v) is 8.74. The highest BCUT2D eigenvalue weighted by atomic mass is 31.3. The summed E-state index contributed by atoms with van der Waals surface area (Å²) in [5, 5.41) is 28.3. The summed E-state index contributed by atoms with van der Waals surface area (Å²) in [5.74, 6) is 0. The molecule has 0 bridgehead atoms. The van der Waals surface area contributed by atoms with E-state index < -0.39 is 46.8 Å². The van der Waals surface area contributed by atoms with Crippen LogP contribution in [-0.4, -0.2) is 68.9 Å². The molecule has 1 aliphatic rings. The topological polar surface area (TPSA) is 222 Å². The lowest BCUT2D eigenvalue weighted by Gasteiger charge is -2.17. The van der Waals surface area contributed by atoms with Crippen LogP contribution in [0.4, 0.5) is 0 Å². The van der Waals surface area contributed by atoms with Crippen molar-refractivity contribution in [3.05, 3.63) is 18.1 Å². The van der Waals surface area contributed by atoms with E-state index in [2.05, 4.69) is 18.8 Å². The summed E-state index contributed by atoms with van der Waals surface area (Å²) in [5.41, 5.74) is 0.455. The normalized spacial score (nSPS) is 27.9. The minimum atomic E-state index is -5.30. The fraction of sp³-hybridized carbons (Fsp3) is 0.545. The van der Waals surface area contributed by atoms with Crippen molar-refractivity contribution >= 4 is 26.8 Å². The van der Waals surface area contributed by atoms with Gasteiger partial charge in [-0.25, -0.2) is 19.1 Å². The summed E-state index contributed by atoms with van der Waals surface area (Å²) >= 11 is 0. The number of imidazole rings is 1.